The van der Waals surface area contributed by atoms with Crippen LogP contribution in [0.3, 0.4) is 0 Å². The van der Waals surface area contributed by atoms with E-state index in [1.807, 2.05) is 0 Å². The number of nitrogens with zero attached hydrogens (tertiary/aromatic N) is 1. The predicted molar refractivity (Wildman–Crippen MR) is 82.1 cm³/mol. The number of carbonyl (C=O) groups is 1. The molecule has 0 bridgehead atoms. The minimum atomic E-state index is -0.0837. The summed E-state index contributed by atoms with van der Waals surface area (Å²) < 4.78 is 5.35. The molecule has 0 aromatic heterocycles. The normalized spacial score (nSPS) is 29.0. The van der Waals surface area contributed by atoms with Gasteiger partial charge in [0.25, 0.3) is 0 Å². The van der Waals surface area contributed by atoms with Crippen molar-refractivity contribution in [2.75, 3.05) is 20.2 Å². The van der Waals surface area contributed by atoms with Gasteiger partial charge >= 0.3 is 0 Å². The Morgan fingerprint density at radius 1 is 1.38 bits per heavy atom. The average Bonchev–Trinajstić information content (AvgIpc) is 3.16. The van der Waals surface area contributed by atoms with Crippen molar-refractivity contribution in [3.05, 3.63) is 35.4 Å². The zero-order valence-corrected chi connectivity index (χ0v) is 12.8. The summed E-state index contributed by atoms with van der Waals surface area (Å²) in [4.78, 5) is 14.9. The third kappa shape index (κ3) is 2.83. The topological polar surface area (TPSA) is 41.6 Å². The summed E-state index contributed by atoms with van der Waals surface area (Å²) in [6.45, 7) is 3.77. The van der Waals surface area contributed by atoms with E-state index >= 15 is 0 Å². The lowest BCUT2D eigenvalue weighted by molar-refractivity contribution is -0.134. The molecule has 2 saturated heterocycles. The summed E-state index contributed by atoms with van der Waals surface area (Å²) in [6.07, 6.45) is 3.10. The molecule has 1 N–H and O–H groups in total. The molecule has 21 heavy (non-hydrogen) atoms. The van der Waals surface area contributed by atoms with Crippen molar-refractivity contribution < 1.29 is 9.53 Å². The highest BCUT2D eigenvalue weighted by Gasteiger charge is 2.37. The van der Waals surface area contributed by atoms with Gasteiger partial charge in [0.05, 0.1) is 18.2 Å². The Morgan fingerprint density at radius 2 is 2.19 bits per heavy atom. The molecule has 1 aromatic carbocycles. The Hall–Kier alpha value is -1.39. The molecule has 2 fully saturated rings. The lowest BCUT2D eigenvalue weighted by Gasteiger charge is -2.28. The number of hydrogen-bond acceptors (Lipinski definition) is 3. The number of likely N-dealkylation sites (tertiary alicyclic amines) is 1. The molecule has 4 nitrogen and oxygen atoms in total. The number of methoxy groups -OCH3 is 1. The summed E-state index contributed by atoms with van der Waals surface area (Å²) in [5.74, 6) is 0.236. The van der Waals surface area contributed by atoms with E-state index in [-0.39, 0.29) is 24.1 Å². The van der Waals surface area contributed by atoms with E-state index < -0.39 is 0 Å². The fraction of sp³-hybridized carbons (Fsp3) is 0.588. The van der Waals surface area contributed by atoms with Gasteiger partial charge in [-0.2, -0.15) is 0 Å². The van der Waals surface area contributed by atoms with Crippen LogP contribution in [0.2, 0.25) is 0 Å². The van der Waals surface area contributed by atoms with Gasteiger partial charge in [-0.15, -0.1) is 0 Å². The second-order valence-electron chi connectivity index (χ2n) is 6.10. The average molecular weight is 288 g/mol. The van der Waals surface area contributed by atoms with Gasteiger partial charge in [0.15, 0.2) is 0 Å². The lowest BCUT2D eigenvalue weighted by atomic mass is 9.99. The molecule has 0 radical (unpaired) electrons. The van der Waals surface area contributed by atoms with Crippen molar-refractivity contribution in [2.24, 2.45) is 0 Å². The maximum atomic E-state index is 12.8. The number of benzene rings is 1. The van der Waals surface area contributed by atoms with Crippen molar-refractivity contribution in [3.8, 4) is 0 Å². The molecule has 2 heterocycles. The molecule has 0 spiro atoms. The fourth-order valence-corrected chi connectivity index (χ4v) is 3.59. The Labute approximate surface area is 126 Å². The summed E-state index contributed by atoms with van der Waals surface area (Å²) >= 11 is 0. The van der Waals surface area contributed by atoms with Crippen molar-refractivity contribution >= 4 is 5.91 Å². The predicted octanol–water partition coefficient (Wildman–Crippen LogP) is 2.04. The second-order valence-corrected chi connectivity index (χ2v) is 6.10. The van der Waals surface area contributed by atoms with Crippen LogP contribution in [-0.2, 0) is 9.53 Å². The number of nitrogens with one attached hydrogen (secondary N) is 1. The molecule has 3 atom stereocenters. The van der Waals surface area contributed by atoms with Crippen LogP contribution in [0.1, 0.15) is 36.4 Å². The molecular weight excluding hydrogens is 264 g/mol. The summed E-state index contributed by atoms with van der Waals surface area (Å²) in [5.41, 5.74) is 2.57. The molecular formula is C17H24N2O2. The molecule has 3 unspecified atom stereocenters. The van der Waals surface area contributed by atoms with Gasteiger partial charge in [-0.3, -0.25) is 4.79 Å². The number of amides is 1. The first-order chi connectivity index (χ1) is 10.2. The number of hydrogen-bond donors (Lipinski definition) is 1. The molecule has 2 aliphatic rings. The first-order valence-electron chi connectivity index (χ1n) is 7.83. The van der Waals surface area contributed by atoms with Crippen LogP contribution < -0.4 is 5.32 Å². The van der Waals surface area contributed by atoms with Gasteiger partial charge in [-0.25, -0.2) is 0 Å². The molecule has 1 aromatic rings. The van der Waals surface area contributed by atoms with Crippen LogP contribution >= 0.6 is 0 Å². The van der Waals surface area contributed by atoms with Gasteiger partial charge in [-0.05, 0) is 37.3 Å². The molecule has 4 heteroatoms. The smallest absolute Gasteiger partial charge is 0.240 e. The van der Waals surface area contributed by atoms with Gasteiger partial charge < -0.3 is 15.0 Å². The number of aryl methyl sites for hydroxylation is 1. The third-order valence-corrected chi connectivity index (χ3v) is 4.81. The van der Waals surface area contributed by atoms with E-state index in [0.29, 0.717) is 0 Å². The van der Waals surface area contributed by atoms with Gasteiger partial charge in [0.2, 0.25) is 5.91 Å². The Bertz CT molecular complexity index is 517. The van der Waals surface area contributed by atoms with Crippen LogP contribution in [0.15, 0.2) is 24.3 Å². The second kappa shape index (κ2) is 6.16. The Morgan fingerprint density at radius 3 is 2.90 bits per heavy atom. The van der Waals surface area contributed by atoms with Crippen LogP contribution in [-0.4, -0.2) is 43.2 Å². The maximum Gasteiger partial charge on any atom is 0.240 e. The van der Waals surface area contributed by atoms with E-state index in [0.717, 1.165) is 32.4 Å². The third-order valence-electron chi connectivity index (χ3n) is 4.81. The Balaban J connectivity index is 1.75. The van der Waals surface area contributed by atoms with Crippen LogP contribution in [0.5, 0.6) is 0 Å². The van der Waals surface area contributed by atoms with E-state index in [9.17, 15) is 4.79 Å². The standard InChI is InChI=1S/C17H24N2O2/c1-12-6-3-4-7-14(12)16-8-5-9-19(16)17(20)15-10-13(21-2)11-18-15/h3-4,6-7,13,15-16,18H,5,8-11H2,1-2H3. The van der Waals surface area contributed by atoms with Crippen molar-refractivity contribution in [1.82, 2.24) is 10.2 Å². The summed E-state index contributed by atoms with van der Waals surface area (Å²) in [7, 11) is 1.71. The first kappa shape index (κ1) is 14.5. The van der Waals surface area contributed by atoms with Crippen LogP contribution in [0, 0.1) is 6.92 Å². The Kier molecular flexibility index (Phi) is 4.27. The number of carbonyl (C=O) groups excluding carboxylic acids is 1. The quantitative estimate of drug-likeness (QED) is 0.925. The minimum absolute atomic E-state index is 0.0837. The SMILES string of the molecule is COC1CNC(C(=O)N2CCCC2c2ccccc2C)C1. The highest BCUT2D eigenvalue weighted by molar-refractivity contribution is 5.83. The largest absolute Gasteiger partial charge is 0.380 e. The van der Waals surface area contributed by atoms with Crippen molar-refractivity contribution in [1.29, 1.82) is 0 Å². The van der Waals surface area contributed by atoms with Gasteiger partial charge in [0.1, 0.15) is 0 Å². The molecule has 0 aliphatic carbocycles. The van der Waals surface area contributed by atoms with Crippen molar-refractivity contribution in [2.45, 2.75) is 44.4 Å². The highest BCUT2D eigenvalue weighted by atomic mass is 16.5. The minimum Gasteiger partial charge on any atom is -0.380 e. The summed E-state index contributed by atoms with van der Waals surface area (Å²) in [5, 5.41) is 3.30. The lowest BCUT2D eigenvalue weighted by Crippen LogP contribution is -2.43. The summed E-state index contributed by atoms with van der Waals surface area (Å²) in [6, 6.07) is 8.57. The van der Waals surface area contributed by atoms with Crippen LogP contribution in [0.4, 0.5) is 0 Å². The molecule has 3 rings (SSSR count). The van der Waals surface area contributed by atoms with E-state index in [2.05, 4.69) is 41.4 Å². The fourth-order valence-electron chi connectivity index (χ4n) is 3.59. The molecule has 2 aliphatic heterocycles. The van der Waals surface area contributed by atoms with Crippen molar-refractivity contribution in [3.63, 3.8) is 0 Å². The molecule has 0 saturated carbocycles. The highest BCUT2D eigenvalue weighted by Crippen LogP contribution is 2.34. The van der Waals surface area contributed by atoms with Crippen LogP contribution in [0.25, 0.3) is 0 Å². The van der Waals surface area contributed by atoms with E-state index in [1.165, 1.54) is 11.1 Å². The van der Waals surface area contributed by atoms with E-state index in [4.69, 9.17) is 4.74 Å². The molecule has 114 valence electrons. The van der Waals surface area contributed by atoms with Gasteiger partial charge in [-0.1, -0.05) is 24.3 Å². The monoisotopic (exact) mass is 288 g/mol. The number of ether oxygens (including phenoxy) is 1. The van der Waals surface area contributed by atoms with E-state index in [1.54, 1.807) is 7.11 Å². The zero-order valence-electron chi connectivity index (χ0n) is 12.8. The number of rotatable bonds is 3. The maximum absolute atomic E-state index is 12.8. The van der Waals surface area contributed by atoms with Gasteiger partial charge in [0, 0.05) is 20.2 Å². The zero-order chi connectivity index (χ0) is 14.8. The molecule has 1 amide bonds. The first-order valence-corrected chi connectivity index (χ1v) is 7.83.